The molecule has 3 rings (SSSR count). The number of carbonyl (C=O) groups excluding carboxylic acids is 1. The minimum absolute atomic E-state index is 0.0336. The Morgan fingerprint density at radius 1 is 1.25 bits per heavy atom. The van der Waals surface area contributed by atoms with Gasteiger partial charge in [0.2, 0.25) is 0 Å². The van der Waals surface area contributed by atoms with Gasteiger partial charge >= 0.3 is 0 Å². The Kier molecular flexibility index (Phi) is 2.97. The van der Waals surface area contributed by atoms with Gasteiger partial charge in [-0.25, -0.2) is 0 Å². The lowest BCUT2D eigenvalue weighted by atomic mass is 10.2. The summed E-state index contributed by atoms with van der Waals surface area (Å²) in [4.78, 5) is 15.5. The van der Waals surface area contributed by atoms with Crippen molar-refractivity contribution in [1.82, 2.24) is 14.4 Å². The van der Waals surface area contributed by atoms with Crippen LogP contribution in [-0.4, -0.2) is 39.5 Å². The van der Waals surface area contributed by atoms with Crippen molar-refractivity contribution in [3.05, 3.63) is 28.7 Å². The molecule has 1 aliphatic heterocycles. The predicted molar refractivity (Wildman–Crippen MR) is 83.3 cm³/mol. The molecule has 0 spiro atoms. The SMILES string of the molecule is Cc1cc(/C=C2\C(=O)N(C)C(=S)N2C)c(C)n1C1CC1. The van der Waals surface area contributed by atoms with Gasteiger partial charge in [-0.3, -0.25) is 9.69 Å². The second kappa shape index (κ2) is 4.45. The van der Waals surface area contributed by atoms with E-state index >= 15 is 0 Å². The highest BCUT2D eigenvalue weighted by molar-refractivity contribution is 7.80. The van der Waals surface area contributed by atoms with E-state index in [1.54, 1.807) is 11.9 Å². The molecule has 0 unspecified atom stereocenters. The third-order valence-electron chi connectivity index (χ3n) is 4.19. The molecule has 1 aromatic rings. The number of carbonyl (C=O) groups is 1. The van der Waals surface area contributed by atoms with Crippen LogP contribution in [0, 0.1) is 13.8 Å². The lowest BCUT2D eigenvalue weighted by Crippen LogP contribution is -2.26. The Bertz CT molecular complexity index is 640. The fraction of sp³-hybridized carbons (Fsp3) is 0.467. The van der Waals surface area contributed by atoms with Gasteiger partial charge in [0.05, 0.1) is 0 Å². The number of hydrogen-bond donors (Lipinski definition) is 0. The molecule has 0 atom stereocenters. The average molecular weight is 289 g/mol. The molecule has 0 bridgehead atoms. The molecule has 1 saturated carbocycles. The molecule has 20 heavy (non-hydrogen) atoms. The summed E-state index contributed by atoms with van der Waals surface area (Å²) in [5.74, 6) is -0.0336. The largest absolute Gasteiger partial charge is 0.346 e. The van der Waals surface area contributed by atoms with Crippen molar-refractivity contribution in [3.8, 4) is 0 Å². The first-order valence-corrected chi connectivity index (χ1v) is 7.28. The highest BCUT2D eigenvalue weighted by Crippen LogP contribution is 2.38. The maximum absolute atomic E-state index is 12.2. The number of aryl methyl sites for hydroxylation is 1. The Morgan fingerprint density at radius 3 is 2.40 bits per heavy atom. The molecule has 0 N–H and O–H groups in total. The molecule has 106 valence electrons. The maximum Gasteiger partial charge on any atom is 0.276 e. The van der Waals surface area contributed by atoms with Gasteiger partial charge in [-0.1, -0.05) is 0 Å². The second-order valence-corrected chi connectivity index (χ2v) is 6.03. The van der Waals surface area contributed by atoms with Crippen LogP contribution in [0.5, 0.6) is 0 Å². The van der Waals surface area contributed by atoms with E-state index in [2.05, 4.69) is 24.5 Å². The van der Waals surface area contributed by atoms with Gasteiger partial charge in [0.15, 0.2) is 5.11 Å². The van der Waals surface area contributed by atoms with Crippen LogP contribution in [0.3, 0.4) is 0 Å². The van der Waals surface area contributed by atoms with E-state index in [0.717, 1.165) is 5.56 Å². The number of amides is 1. The van der Waals surface area contributed by atoms with E-state index in [0.29, 0.717) is 16.9 Å². The summed E-state index contributed by atoms with van der Waals surface area (Å²) in [6.07, 6.45) is 4.48. The highest BCUT2D eigenvalue weighted by atomic mass is 32.1. The molecule has 1 saturated heterocycles. The van der Waals surface area contributed by atoms with Crippen molar-refractivity contribution >= 4 is 29.3 Å². The minimum Gasteiger partial charge on any atom is -0.346 e. The normalized spacial score (nSPS) is 21.5. The van der Waals surface area contributed by atoms with Gasteiger partial charge in [0.1, 0.15) is 5.70 Å². The van der Waals surface area contributed by atoms with Crippen LogP contribution in [0.15, 0.2) is 11.8 Å². The van der Waals surface area contributed by atoms with Crippen LogP contribution in [0.2, 0.25) is 0 Å². The lowest BCUT2D eigenvalue weighted by Gasteiger charge is -2.11. The third-order valence-corrected chi connectivity index (χ3v) is 4.73. The van der Waals surface area contributed by atoms with Gasteiger partial charge in [-0.15, -0.1) is 0 Å². The van der Waals surface area contributed by atoms with Crippen molar-refractivity contribution in [2.45, 2.75) is 32.7 Å². The smallest absolute Gasteiger partial charge is 0.276 e. The number of aromatic nitrogens is 1. The van der Waals surface area contributed by atoms with Gasteiger partial charge in [0.25, 0.3) is 5.91 Å². The summed E-state index contributed by atoms with van der Waals surface area (Å²) in [5.41, 5.74) is 4.26. The molecule has 1 aliphatic carbocycles. The van der Waals surface area contributed by atoms with Gasteiger partial charge in [0, 0.05) is 31.5 Å². The lowest BCUT2D eigenvalue weighted by molar-refractivity contribution is -0.121. The van der Waals surface area contributed by atoms with Gasteiger partial charge in [-0.05, 0) is 56.6 Å². The fourth-order valence-corrected chi connectivity index (χ4v) is 3.06. The first-order valence-electron chi connectivity index (χ1n) is 6.87. The summed E-state index contributed by atoms with van der Waals surface area (Å²) >= 11 is 5.24. The van der Waals surface area contributed by atoms with E-state index in [-0.39, 0.29) is 5.91 Å². The van der Waals surface area contributed by atoms with Crippen molar-refractivity contribution < 1.29 is 4.79 Å². The first kappa shape index (κ1) is 13.4. The predicted octanol–water partition coefficient (Wildman–Crippen LogP) is 2.47. The molecule has 2 aliphatic rings. The summed E-state index contributed by atoms with van der Waals surface area (Å²) in [7, 11) is 3.56. The van der Waals surface area contributed by atoms with Crippen LogP contribution in [0.4, 0.5) is 0 Å². The standard InChI is InChI=1S/C15H19N3OS/c1-9-7-11(10(2)18(9)12-5-6-12)8-13-14(19)17(4)15(20)16(13)3/h7-8,12H,5-6H2,1-4H3/b13-8+. The Hall–Kier alpha value is -1.62. The second-order valence-electron chi connectivity index (χ2n) is 5.66. The maximum atomic E-state index is 12.2. The summed E-state index contributed by atoms with van der Waals surface area (Å²) in [5, 5.41) is 0.553. The quantitative estimate of drug-likeness (QED) is 0.618. The molecule has 1 aromatic heterocycles. The molecular weight excluding hydrogens is 270 g/mol. The topological polar surface area (TPSA) is 28.5 Å². The Balaban J connectivity index is 2.02. The molecular formula is C15H19N3OS. The van der Waals surface area contributed by atoms with Crippen LogP contribution in [0.1, 0.15) is 35.8 Å². The molecule has 4 nitrogen and oxygen atoms in total. The number of nitrogens with zero attached hydrogens (tertiary/aromatic N) is 3. The van der Waals surface area contributed by atoms with Crippen LogP contribution in [-0.2, 0) is 4.79 Å². The minimum atomic E-state index is -0.0336. The Labute approximate surface area is 124 Å². The van der Waals surface area contributed by atoms with Gasteiger partial charge < -0.3 is 9.47 Å². The fourth-order valence-electron chi connectivity index (χ4n) is 2.88. The number of hydrogen-bond acceptors (Lipinski definition) is 2. The molecule has 0 aromatic carbocycles. The number of rotatable bonds is 2. The zero-order valence-corrected chi connectivity index (χ0v) is 13.1. The number of likely N-dealkylation sites (N-methyl/N-ethyl adjacent to an activating group) is 2. The van der Waals surface area contributed by atoms with Crippen molar-refractivity contribution in [2.24, 2.45) is 0 Å². The molecule has 1 amide bonds. The Morgan fingerprint density at radius 2 is 1.90 bits per heavy atom. The zero-order chi connectivity index (χ0) is 14.6. The summed E-state index contributed by atoms with van der Waals surface area (Å²) < 4.78 is 2.38. The van der Waals surface area contributed by atoms with E-state index in [4.69, 9.17) is 12.2 Å². The molecule has 2 heterocycles. The molecule has 2 fully saturated rings. The monoisotopic (exact) mass is 289 g/mol. The first-order chi connectivity index (χ1) is 9.41. The zero-order valence-electron chi connectivity index (χ0n) is 12.3. The summed E-state index contributed by atoms with van der Waals surface area (Å²) in [6.45, 7) is 4.25. The summed E-state index contributed by atoms with van der Waals surface area (Å²) in [6, 6.07) is 2.81. The average Bonchev–Trinajstić information content (AvgIpc) is 3.17. The van der Waals surface area contributed by atoms with Crippen LogP contribution in [0.25, 0.3) is 6.08 Å². The van der Waals surface area contributed by atoms with Crippen LogP contribution < -0.4 is 0 Å². The van der Waals surface area contributed by atoms with E-state index in [1.165, 1.54) is 29.1 Å². The van der Waals surface area contributed by atoms with E-state index in [9.17, 15) is 4.79 Å². The van der Waals surface area contributed by atoms with E-state index in [1.807, 2.05) is 13.1 Å². The highest BCUT2D eigenvalue weighted by Gasteiger charge is 2.33. The van der Waals surface area contributed by atoms with Gasteiger partial charge in [-0.2, -0.15) is 0 Å². The van der Waals surface area contributed by atoms with Crippen molar-refractivity contribution in [1.29, 1.82) is 0 Å². The molecule has 5 heteroatoms. The molecule has 0 radical (unpaired) electrons. The van der Waals surface area contributed by atoms with Crippen LogP contribution >= 0.6 is 12.2 Å². The van der Waals surface area contributed by atoms with E-state index < -0.39 is 0 Å². The third kappa shape index (κ3) is 1.88. The van der Waals surface area contributed by atoms with Crippen molar-refractivity contribution in [3.63, 3.8) is 0 Å². The van der Waals surface area contributed by atoms with Crippen molar-refractivity contribution in [2.75, 3.05) is 14.1 Å². The number of thiocarbonyl (C=S) groups is 1.